The molecule has 2 heterocycles. The number of hydrogen-bond acceptors (Lipinski definition) is 4. The molecule has 0 aliphatic rings. The van der Waals surface area contributed by atoms with Crippen molar-refractivity contribution in [2.24, 2.45) is 5.92 Å². The molecule has 2 aromatic rings. The highest BCUT2D eigenvalue weighted by Crippen LogP contribution is 2.13. The molecule has 6 nitrogen and oxygen atoms in total. The molecule has 1 amide bonds. The Morgan fingerprint density at radius 2 is 2.22 bits per heavy atom. The first-order chi connectivity index (χ1) is 11.0. The lowest BCUT2D eigenvalue weighted by atomic mass is 10.1. The molecule has 126 valence electrons. The second-order valence-electron chi connectivity index (χ2n) is 5.98. The maximum Gasteiger partial charge on any atom is 0.227 e. The third kappa shape index (κ3) is 4.68. The average molecular weight is 318 g/mol. The summed E-state index contributed by atoms with van der Waals surface area (Å²) in [6.45, 7) is 9.66. The topological polar surface area (TPSA) is 64.2 Å². The van der Waals surface area contributed by atoms with Crippen molar-refractivity contribution >= 4 is 5.91 Å². The third-order valence-electron chi connectivity index (χ3n) is 3.85. The highest BCUT2D eigenvalue weighted by atomic mass is 16.3. The minimum Gasteiger partial charge on any atom is -0.467 e. The molecule has 6 heteroatoms. The van der Waals surface area contributed by atoms with Crippen LogP contribution in [-0.4, -0.2) is 32.1 Å². The molecule has 0 aromatic carbocycles. The fraction of sp³-hybridized carbons (Fsp3) is 0.588. The van der Waals surface area contributed by atoms with Crippen LogP contribution in [-0.2, 0) is 17.9 Å². The molecule has 2 aromatic heterocycles. The Morgan fingerprint density at radius 3 is 2.78 bits per heavy atom. The Kier molecular flexibility index (Phi) is 5.96. The number of furan rings is 1. The first-order valence-electron chi connectivity index (χ1n) is 8.20. The second-order valence-corrected chi connectivity index (χ2v) is 5.98. The number of carbonyl (C=O) groups excluding carboxylic acids is 1. The lowest BCUT2D eigenvalue weighted by Crippen LogP contribution is -2.37. The van der Waals surface area contributed by atoms with Crippen molar-refractivity contribution in [3.8, 4) is 0 Å². The third-order valence-corrected chi connectivity index (χ3v) is 3.85. The number of unbranched alkanes of at least 4 members (excludes halogenated alkanes) is 1. The summed E-state index contributed by atoms with van der Waals surface area (Å²) >= 11 is 0. The fourth-order valence-electron chi connectivity index (χ4n) is 2.59. The zero-order valence-corrected chi connectivity index (χ0v) is 14.5. The van der Waals surface area contributed by atoms with Crippen LogP contribution in [0.5, 0.6) is 0 Å². The maximum absolute atomic E-state index is 12.8. The van der Waals surface area contributed by atoms with E-state index in [4.69, 9.17) is 4.42 Å². The number of aryl methyl sites for hydroxylation is 2. The van der Waals surface area contributed by atoms with E-state index in [1.165, 1.54) is 0 Å². The summed E-state index contributed by atoms with van der Waals surface area (Å²) in [6, 6.07) is 3.75. The van der Waals surface area contributed by atoms with Gasteiger partial charge < -0.3 is 9.32 Å². The molecular formula is C17H26N4O2. The van der Waals surface area contributed by atoms with E-state index in [0.717, 1.165) is 36.8 Å². The van der Waals surface area contributed by atoms with Crippen LogP contribution in [0.3, 0.4) is 0 Å². The number of aromatic nitrogens is 3. The van der Waals surface area contributed by atoms with Gasteiger partial charge in [0.2, 0.25) is 5.91 Å². The molecule has 0 saturated carbocycles. The summed E-state index contributed by atoms with van der Waals surface area (Å²) in [5.41, 5.74) is 0. The van der Waals surface area contributed by atoms with Crippen molar-refractivity contribution in [1.82, 2.24) is 19.7 Å². The highest BCUT2D eigenvalue weighted by Gasteiger charge is 2.22. The summed E-state index contributed by atoms with van der Waals surface area (Å²) in [4.78, 5) is 19.0. The number of amides is 1. The zero-order valence-electron chi connectivity index (χ0n) is 14.5. The predicted octanol–water partition coefficient (Wildman–Crippen LogP) is 2.95. The first kappa shape index (κ1) is 17.2. The van der Waals surface area contributed by atoms with E-state index in [9.17, 15) is 4.79 Å². The van der Waals surface area contributed by atoms with Crippen LogP contribution in [0.2, 0.25) is 0 Å². The molecule has 0 saturated heterocycles. The summed E-state index contributed by atoms with van der Waals surface area (Å²) in [6.07, 6.45) is 3.68. The second kappa shape index (κ2) is 7.94. The van der Waals surface area contributed by atoms with Gasteiger partial charge in [-0.25, -0.2) is 9.67 Å². The SMILES string of the molecule is CCCCN(Cc1ccco1)C(=O)[C@@H](C)Cn1nc(C)nc1C. The van der Waals surface area contributed by atoms with Crippen LogP contribution in [0.1, 0.15) is 44.1 Å². The lowest BCUT2D eigenvalue weighted by Gasteiger charge is -2.25. The number of rotatable bonds is 8. The van der Waals surface area contributed by atoms with Crippen molar-refractivity contribution in [3.05, 3.63) is 35.8 Å². The largest absolute Gasteiger partial charge is 0.467 e. The number of hydrogen-bond donors (Lipinski definition) is 0. The molecule has 0 unspecified atom stereocenters. The molecule has 1 atom stereocenters. The van der Waals surface area contributed by atoms with Crippen molar-refractivity contribution in [2.45, 2.75) is 53.6 Å². The molecule has 0 fully saturated rings. The van der Waals surface area contributed by atoms with Gasteiger partial charge in [0, 0.05) is 6.54 Å². The molecule has 0 radical (unpaired) electrons. The number of nitrogens with zero attached hydrogens (tertiary/aromatic N) is 4. The Morgan fingerprint density at radius 1 is 1.43 bits per heavy atom. The van der Waals surface area contributed by atoms with Gasteiger partial charge in [-0.15, -0.1) is 0 Å². The molecule has 23 heavy (non-hydrogen) atoms. The van der Waals surface area contributed by atoms with Gasteiger partial charge in [0.15, 0.2) is 0 Å². The normalized spacial score (nSPS) is 12.3. The zero-order chi connectivity index (χ0) is 16.8. The average Bonchev–Trinajstić information content (AvgIpc) is 3.12. The first-order valence-corrected chi connectivity index (χ1v) is 8.20. The van der Waals surface area contributed by atoms with Crippen LogP contribution in [0.4, 0.5) is 0 Å². The van der Waals surface area contributed by atoms with Gasteiger partial charge in [-0.2, -0.15) is 5.10 Å². The van der Waals surface area contributed by atoms with E-state index in [1.54, 1.807) is 6.26 Å². The fourth-order valence-corrected chi connectivity index (χ4v) is 2.59. The molecule has 0 spiro atoms. The minimum atomic E-state index is -0.151. The lowest BCUT2D eigenvalue weighted by molar-refractivity contribution is -0.136. The number of carbonyl (C=O) groups is 1. The van der Waals surface area contributed by atoms with E-state index in [1.807, 2.05) is 42.5 Å². The molecule has 0 aliphatic carbocycles. The smallest absolute Gasteiger partial charge is 0.227 e. The van der Waals surface area contributed by atoms with Crippen LogP contribution in [0.15, 0.2) is 22.8 Å². The van der Waals surface area contributed by atoms with Crippen molar-refractivity contribution in [3.63, 3.8) is 0 Å². The van der Waals surface area contributed by atoms with Crippen LogP contribution in [0, 0.1) is 19.8 Å². The Balaban J connectivity index is 2.04. The van der Waals surface area contributed by atoms with Crippen LogP contribution < -0.4 is 0 Å². The Bertz CT molecular complexity index is 619. The summed E-state index contributed by atoms with van der Waals surface area (Å²) in [5, 5.41) is 4.35. The van der Waals surface area contributed by atoms with Crippen LogP contribution in [0.25, 0.3) is 0 Å². The van der Waals surface area contributed by atoms with E-state index in [0.29, 0.717) is 13.1 Å². The van der Waals surface area contributed by atoms with Crippen molar-refractivity contribution in [2.75, 3.05) is 6.54 Å². The molecule has 0 aliphatic heterocycles. The van der Waals surface area contributed by atoms with Gasteiger partial charge in [0.05, 0.1) is 25.3 Å². The molecule has 0 bridgehead atoms. The van der Waals surface area contributed by atoms with E-state index in [2.05, 4.69) is 17.0 Å². The Hall–Kier alpha value is -2.11. The van der Waals surface area contributed by atoms with Gasteiger partial charge in [0.1, 0.15) is 17.4 Å². The summed E-state index contributed by atoms with van der Waals surface area (Å²) in [7, 11) is 0. The monoisotopic (exact) mass is 318 g/mol. The highest BCUT2D eigenvalue weighted by molar-refractivity contribution is 5.78. The molecular weight excluding hydrogens is 292 g/mol. The van der Waals surface area contributed by atoms with E-state index < -0.39 is 0 Å². The summed E-state index contributed by atoms with van der Waals surface area (Å²) < 4.78 is 7.20. The van der Waals surface area contributed by atoms with Crippen molar-refractivity contribution in [1.29, 1.82) is 0 Å². The summed E-state index contributed by atoms with van der Waals surface area (Å²) in [5.74, 6) is 2.37. The van der Waals surface area contributed by atoms with E-state index >= 15 is 0 Å². The van der Waals surface area contributed by atoms with Gasteiger partial charge in [-0.3, -0.25) is 4.79 Å². The van der Waals surface area contributed by atoms with Gasteiger partial charge in [0.25, 0.3) is 0 Å². The quantitative estimate of drug-likeness (QED) is 0.750. The van der Waals surface area contributed by atoms with Gasteiger partial charge >= 0.3 is 0 Å². The van der Waals surface area contributed by atoms with Gasteiger partial charge in [-0.05, 0) is 32.4 Å². The predicted molar refractivity (Wildman–Crippen MR) is 87.7 cm³/mol. The minimum absolute atomic E-state index is 0.127. The van der Waals surface area contributed by atoms with Gasteiger partial charge in [-0.1, -0.05) is 20.3 Å². The maximum atomic E-state index is 12.8. The standard InChI is InChI=1S/C17H26N4O2/c1-5-6-9-20(12-16-8-7-10-23-16)17(22)13(2)11-21-15(4)18-14(3)19-21/h7-8,10,13H,5-6,9,11-12H2,1-4H3/t13-/m0/s1. The molecule has 2 rings (SSSR count). The Labute approximate surface area is 137 Å². The van der Waals surface area contributed by atoms with Crippen molar-refractivity contribution < 1.29 is 9.21 Å². The molecule has 0 N–H and O–H groups in total. The van der Waals surface area contributed by atoms with E-state index in [-0.39, 0.29) is 11.8 Å². The van der Waals surface area contributed by atoms with Crippen LogP contribution >= 0.6 is 0 Å².